The molecule has 5 nitrogen and oxygen atoms in total. The number of anilines is 1. The van der Waals surface area contributed by atoms with Crippen LogP contribution in [0.2, 0.25) is 0 Å². The first-order valence-electron chi connectivity index (χ1n) is 7.67. The van der Waals surface area contributed by atoms with E-state index in [1.165, 1.54) is 11.3 Å². The molecule has 0 spiro atoms. The highest BCUT2D eigenvalue weighted by Crippen LogP contribution is 2.57. The summed E-state index contributed by atoms with van der Waals surface area (Å²) in [4.78, 5) is 4.39. The van der Waals surface area contributed by atoms with Crippen molar-refractivity contribution in [3.63, 3.8) is 0 Å². The second kappa shape index (κ2) is 6.14. The molecule has 2 heterocycles. The summed E-state index contributed by atoms with van der Waals surface area (Å²) in [6.45, 7) is 1.05. The van der Waals surface area contributed by atoms with Crippen molar-refractivity contribution < 1.29 is 26.3 Å². The van der Waals surface area contributed by atoms with E-state index < -0.39 is 33.1 Å². The van der Waals surface area contributed by atoms with E-state index in [1.54, 1.807) is 0 Å². The molecule has 1 saturated heterocycles. The lowest BCUT2D eigenvalue weighted by molar-refractivity contribution is -0.149. The number of alkyl halides is 3. The maximum absolute atomic E-state index is 12.9. The highest BCUT2D eigenvalue weighted by Gasteiger charge is 2.72. The van der Waals surface area contributed by atoms with Gasteiger partial charge in [-0.3, -0.25) is 0 Å². The predicted octanol–water partition coefficient (Wildman–Crippen LogP) is 2.81. The Morgan fingerprint density at radius 3 is 2.79 bits per heavy atom. The fraction of sp³-hybridized carbons (Fsp3) is 0.786. The minimum atomic E-state index is -4.50. The van der Waals surface area contributed by atoms with Crippen molar-refractivity contribution in [1.29, 1.82) is 0 Å². The van der Waals surface area contributed by atoms with Gasteiger partial charge >= 0.3 is 6.18 Å². The standard InChI is InChI=1S/C14H19F3N2O3S2/c1-24(20,21)13(5-11(13)14(15,16)17)8-18-12-19-10(7-23-12)9-3-2-4-22-6-9/h7,9,11H,2-6,8H2,1H3,(H,18,19)/t9?,11-,13+/m0/s1. The lowest BCUT2D eigenvalue weighted by Gasteiger charge is -2.20. The number of thiazole rings is 1. The minimum Gasteiger partial charge on any atom is -0.381 e. The smallest absolute Gasteiger partial charge is 0.381 e. The van der Waals surface area contributed by atoms with Gasteiger partial charge in [0.1, 0.15) is 4.75 Å². The van der Waals surface area contributed by atoms with Gasteiger partial charge in [0.2, 0.25) is 0 Å². The van der Waals surface area contributed by atoms with Crippen molar-refractivity contribution in [2.45, 2.75) is 36.1 Å². The summed E-state index contributed by atoms with van der Waals surface area (Å²) in [6, 6.07) is 0. The number of rotatable bonds is 5. The van der Waals surface area contributed by atoms with E-state index in [0.717, 1.165) is 31.4 Å². The van der Waals surface area contributed by atoms with Gasteiger partial charge in [0, 0.05) is 30.7 Å². The topological polar surface area (TPSA) is 68.3 Å². The summed E-state index contributed by atoms with van der Waals surface area (Å²) in [5.74, 6) is -1.61. The second-order valence-electron chi connectivity index (χ2n) is 6.48. The third-order valence-corrected chi connectivity index (χ3v) is 7.69. The molecule has 10 heteroatoms. The molecule has 0 amide bonds. The molecule has 1 aromatic heterocycles. The molecule has 2 fully saturated rings. The Labute approximate surface area is 142 Å². The van der Waals surface area contributed by atoms with E-state index in [1.807, 2.05) is 5.38 Å². The zero-order valence-electron chi connectivity index (χ0n) is 13.1. The molecule has 3 atom stereocenters. The highest BCUT2D eigenvalue weighted by atomic mass is 32.2. The molecule has 1 aliphatic carbocycles. The van der Waals surface area contributed by atoms with E-state index in [0.29, 0.717) is 11.7 Å². The highest BCUT2D eigenvalue weighted by molar-refractivity contribution is 7.92. The summed E-state index contributed by atoms with van der Waals surface area (Å²) in [5.41, 5.74) is 0.846. The molecule has 2 aliphatic rings. The normalized spacial score (nSPS) is 31.0. The minimum absolute atomic E-state index is 0.193. The van der Waals surface area contributed by atoms with Gasteiger partial charge in [0.25, 0.3) is 0 Å². The average Bonchev–Trinajstić information content (AvgIpc) is 3.10. The van der Waals surface area contributed by atoms with Crippen molar-refractivity contribution in [3.05, 3.63) is 11.1 Å². The number of aromatic nitrogens is 1. The van der Waals surface area contributed by atoms with Gasteiger partial charge in [-0.2, -0.15) is 13.2 Å². The molecule has 1 aliphatic heterocycles. The Morgan fingerprint density at radius 2 is 2.25 bits per heavy atom. The molecule has 1 unspecified atom stereocenters. The van der Waals surface area contributed by atoms with Crippen molar-refractivity contribution in [1.82, 2.24) is 4.98 Å². The van der Waals surface area contributed by atoms with Crippen LogP contribution >= 0.6 is 11.3 Å². The van der Waals surface area contributed by atoms with Crippen molar-refractivity contribution in [2.24, 2.45) is 5.92 Å². The molecule has 1 N–H and O–H groups in total. The number of sulfone groups is 1. The van der Waals surface area contributed by atoms with Crippen LogP contribution in [0, 0.1) is 5.92 Å². The Balaban J connectivity index is 1.67. The molecule has 0 bridgehead atoms. The predicted molar refractivity (Wildman–Crippen MR) is 85.1 cm³/mol. The van der Waals surface area contributed by atoms with Crippen molar-refractivity contribution >= 4 is 26.3 Å². The van der Waals surface area contributed by atoms with Crippen LogP contribution in [-0.4, -0.2) is 50.3 Å². The molecule has 1 saturated carbocycles. The Hall–Kier alpha value is -0.870. The number of ether oxygens (including phenoxy) is 1. The van der Waals surface area contributed by atoms with Crippen LogP contribution in [0.25, 0.3) is 0 Å². The van der Waals surface area contributed by atoms with Crippen LogP contribution in [0.1, 0.15) is 30.9 Å². The molecule has 1 aromatic rings. The van der Waals surface area contributed by atoms with Crippen LogP contribution in [0.15, 0.2) is 5.38 Å². The van der Waals surface area contributed by atoms with Gasteiger partial charge in [-0.15, -0.1) is 11.3 Å². The van der Waals surface area contributed by atoms with Crippen LogP contribution < -0.4 is 5.32 Å². The van der Waals surface area contributed by atoms with Gasteiger partial charge < -0.3 is 10.1 Å². The number of hydrogen-bond donors (Lipinski definition) is 1. The first kappa shape index (κ1) is 17.9. The first-order chi connectivity index (χ1) is 11.1. The Kier molecular flexibility index (Phi) is 4.59. The lowest BCUT2D eigenvalue weighted by Crippen LogP contribution is -2.36. The summed E-state index contributed by atoms with van der Waals surface area (Å²) < 4.78 is 66.1. The van der Waals surface area contributed by atoms with E-state index in [2.05, 4.69) is 10.3 Å². The summed E-state index contributed by atoms with van der Waals surface area (Å²) in [6.07, 6.45) is -2.11. The summed E-state index contributed by atoms with van der Waals surface area (Å²) in [5, 5.41) is 5.10. The van der Waals surface area contributed by atoms with Gasteiger partial charge in [-0.05, 0) is 19.3 Å². The van der Waals surface area contributed by atoms with Crippen LogP contribution in [0.4, 0.5) is 18.3 Å². The fourth-order valence-electron chi connectivity index (χ4n) is 3.19. The van der Waals surface area contributed by atoms with Gasteiger partial charge in [0.05, 0.1) is 18.2 Å². The maximum atomic E-state index is 12.9. The molecule has 136 valence electrons. The Bertz CT molecular complexity index is 698. The monoisotopic (exact) mass is 384 g/mol. The fourth-order valence-corrected chi connectivity index (χ4v) is 5.44. The van der Waals surface area contributed by atoms with Gasteiger partial charge in [0.15, 0.2) is 15.0 Å². The van der Waals surface area contributed by atoms with Crippen molar-refractivity contribution in [2.75, 3.05) is 31.3 Å². The summed E-state index contributed by atoms with van der Waals surface area (Å²) >= 11 is 1.28. The zero-order chi connectivity index (χ0) is 17.6. The van der Waals surface area contributed by atoms with E-state index in [9.17, 15) is 21.6 Å². The summed E-state index contributed by atoms with van der Waals surface area (Å²) in [7, 11) is -3.83. The number of nitrogens with one attached hydrogen (secondary N) is 1. The van der Waals surface area contributed by atoms with Crippen LogP contribution in [0.5, 0.6) is 0 Å². The van der Waals surface area contributed by atoms with E-state index in [-0.39, 0.29) is 12.5 Å². The Morgan fingerprint density at radius 1 is 1.50 bits per heavy atom. The van der Waals surface area contributed by atoms with E-state index >= 15 is 0 Å². The zero-order valence-corrected chi connectivity index (χ0v) is 14.7. The van der Waals surface area contributed by atoms with Gasteiger partial charge in [-0.1, -0.05) is 0 Å². The van der Waals surface area contributed by atoms with Crippen LogP contribution in [-0.2, 0) is 14.6 Å². The lowest BCUT2D eigenvalue weighted by atomic mass is 10.00. The number of halogens is 3. The number of nitrogens with zero attached hydrogens (tertiary/aromatic N) is 1. The largest absolute Gasteiger partial charge is 0.393 e. The van der Waals surface area contributed by atoms with Gasteiger partial charge in [-0.25, -0.2) is 13.4 Å². The molecule has 3 rings (SSSR count). The molecule has 0 aromatic carbocycles. The number of hydrogen-bond acceptors (Lipinski definition) is 6. The SMILES string of the molecule is CS(=O)(=O)[C@@]1(CNc2nc(C3CCCOC3)cs2)C[C@@H]1C(F)(F)F. The molecule has 24 heavy (non-hydrogen) atoms. The molecular weight excluding hydrogens is 365 g/mol. The van der Waals surface area contributed by atoms with E-state index in [4.69, 9.17) is 4.74 Å². The third kappa shape index (κ3) is 3.41. The quantitative estimate of drug-likeness (QED) is 0.846. The first-order valence-corrected chi connectivity index (χ1v) is 10.4. The molecular formula is C14H19F3N2O3S2. The second-order valence-corrected chi connectivity index (χ2v) is 9.70. The third-order valence-electron chi connectivity index (χ3n) is 4.80. The van der Waals surface area contributed by atoms with Crippen LogP contribution in [0.3, 0.4) is 0 Å². The average molecular weight is 384 g/mol. The maximum Gasteiger partial charge on any atom is 0.393 e. The molecule has 0 radical (unpaired) electrons. The van der Waals surface area contributed by atoms with Crippen molar-refractivity contribution in [3.8, 4) is 0 Å².